The van der Waals surface area contributed by atoms with Gasteiger partial charge in [-0.25, -0.2) is 0 Å². The van der Waals surface area contributed by atoms with Crippen molar-refractivity contribution in [2.45, 2.75) is 39.0 Å². The zero-order valence-corrected chi connectivity index (χ0v) is 13.2. The van der Waals surface area contributed by atoms with E-state index in [2.05, 4.69) is 13.0 Å². The van der Waals surface area contributed by atoms with Crippen LogP contribution in [-0.2, 0) is 5.41 Å². The van der Waals surface area contributed by atoms with Gasteiger partial charge in [-0.15, -0.1) is 0 Å². The van der Waals surface area contributed by atoms with Crippen molar-refractivity contribution < 1.29 is 10.2 Å². The molecule has 0 aliphatic rings. The summed E-state index contributed by atoms with van der Waals surface area (Å²) in [6.07, 6.45) is 1.12. The second-order valence-electron chi connectivity index (χ2n) is 5.99. The molecule has 2 rings (SSSR count). The smallest absolute Gasteiger partial charge is 0.118 e. The molecule has 0 atom stereocenters. The quantitative estimate of drug-likeness (QED) is 0.882. The Balaban J connectivity index is 2.58. The van der Waals surface area contributed by atoms with Gasteiger partial charge in [-0.05, 0) is 54.7 Å². The molecule has 0 saturated heterocycles. The van der Waals surface area contributed by atoms with Crippen LogP contribution in [0.1, 0.15) is 42.0 Å². The van der Waals surface area contributed by atoms with E-state index in [0.29, 0.717) is 12.8 Å². The molecule has 0 spiro atoms. The molecular weight excluding hydrogens is 274 g/mol. The molecule has 0 saturated carbocycles. The predicted octanol–water partition coefficient (Wildman–Crippen LogP) is 4.32. The molecule has 22 heavy (non-hydrogen) atoms. The summed E-state index contributed by atoms with van der Waals surface area (Å²) in [4.78, 5) is 0. The number of aromatic hydroxyl groups is 2. The van der Waals surface area contributed by atoms with E-state index in [-0.39, 0.29) is 16.9 Å². The lowest BCUT2D eigenvalue weighted by Gasteiger charge is -2.31. The molecule has 0 fully saturated rings. The Labute approximate surface area is 131 Å². The zero-order valence-electron chi connectivity index (χ0n) is 13.2. The Morgan fingerprint density at radius 1 is 0.955 bits per heavy atom. The molecule has 3 heteroatoms. The number of rotatable bonds is 4. The predicted molar refractivity (Wildman–Crippen MR) is 87.0 cm³/mol. The van der Waals surface area contributed by atoms with Crippen LogP contribution in [-0.4, -0.2) is 10.2 Å². The molecule has 0 bridgehead atoms. The highest BCUT2D eigenvalue weighted by Gasteiger charge is 2.29. The van der Waals surface area contributed by atoms with E-state index in [1.165, 1.54) is 0 Å². The zero-order chi connectivity index (χ0) is 16.3. The summed E-state index contributed by atoms with van der Waals surface area (Å²) >= 11 is 0. The van der Waals surface area contributed by atoms with Gasteiger partial charge in [0, 0.05) is 11.8 Å². The largest absolute Gasteiger partial charge is 0.508 e. The van der Waals surface area contributed by atoms with Gasteiger partial charge in [-0.2, -0.15) is 5.26 Å². The SMILES string of the molecule is Cc1cc(C(C)(CCC#N)c2ccc(O)c(C)c2)ccc1O. The van der Waals surface area contributed by atoms with Crippen molar-refractivity contribution in [3.8, 4) is 17.6 Å². The number of hydrogen-bond donors (Lipinski definition) is 2. The van der Waals surface area contributed by atoms with Crippen LogP contribution in [0.15, 0.2) is 36.4 Å². The lowest BCUT2D eigenvalue weighted by molar-refractivity contribution is 0.466. The highest BCUT2D eigenvalue weighted by molar-refractivity contribution is 5.47. The van der Waals surface area contributed by atoms with Crippen LogP contribution in [0.5, 0.6) is 11.5 Å². The number of aryl methyl sites for hydroxylation is 2. The van der Waals surface area contributed by atoms with E-state index in [4.69, 9.17) is 5.26 Å². The van der Waals surface area contributed by atoms with E-state index >= 15 is 0 Å². The first-order valence-corrected chi connectivity index (χ1v) is 7.35. The minimum Gasteiger partial charge on any atom is -0.508 e. The molecule has 0 aromatic heterocycles. The number of phenols is 2. The van der Waals surface area contributed by atoms with Crippen molar-refractivity contribution in [1.82, 2.24) is 0 Å². The maximum Gasteiger partial charge on any atom is 0.118 e. The van der Waals surface area contributed by atoms with Gasteiger partial charge >= 0.3 is 0 Å². The summed E-state index contributed by atoms with van der Waals surface area (Å²) in [7, 11) is 0. The van der Waals surface area contributed by atoms with Crippen LogP contribution in [0.3, 0.4) is 0 Å². The fraction of sp³-hybridized carbons (Fsp3) is 0.316. The van der Waals surface area contributed by atoms with E-state index in [1.54, 1.807) is 12.1 Å². The van der Waals surface area contributed by atoms with Crippen molar-refractivity contribution in [1.29, 1.82) is 5.26 Å². The molecule has 0 amide bonds. The van der Waals surface area contributed by atoms with Gasteiger partial charge in [0.2, 0.25) is 0 Å². The minimum atomic E-state index is -0.341. The maximum atomic E-state index is 9.75. The second kappa shape index (κ2) is 6.11. The first kappa shape index (κ1) is 15.9. The fourth-order valence-corrected chi connectivity index (χ4v) is 2.76. The van der Waals surface area contributed by atoms with Gasteiger partial charge in [0.25, 0.3) is 0 Å². The van der Waals surface area contributed by atoms with Gasteiger partial charge in [0.15, 0.2) is 0 Å². The monoisotopic (exact) mass is 295 g/mol. The van der Waals surface area contributed by atoms with Crippen molar-refractivity contribution >= 4 is 0 Å². The van der Waals surface area contributed by atoms with Crippen molar-refractivity contribution in [2.75, 3.05) is 0 Å². The molecule has 2 aromatic rings. The van der Waals surface area contributed by atoms with Gasteiger partial charge in [-0.1, -0.05) is 31.2 Å². The molecule has 114 valence electrons. The van der Waals surface area contributed by atoms with E-state index in [1.807, 2.05) is 38.1 Å². The van der Waals surface area contributed by atoms with Crippen LogP contribution >= 0.6 is 0 Å². The van der Waals surface area contributed by atoms with E-state index in [9.17, 15) is 10.2 Å². The standard InChI is InChI=1S/C19H21NO2/c1-13-11-15(5-7-17(13)21)19(3,9-4-10-20)16-6-8-18(22)14(2)12-16/h5-8,11-12,21-22H,4,9H2,1-3H3. The van der Waals surface area contributed by atoms with Crippen LogP contribution in [0.2, 0.25) is 0 Å². The van der Waals surface area contributed by atoms with Gasteiger partial charge in [0.05, 0.1) is 6.07 Å². The molecule has 0 heterocycles. The summed E-state index contributed by atoms with van der Waals surface area (Å²) < 4.78 is 0. The summed E-state index contributed by atoms with van der Waals surface area (Å²) in [6, 6.07) is 13.4. The molecule has 0 aliphatic carbocycles. The maximum absolute atomic E-state index is 9.75. The third-order valence-corrected chi connectivity index (χ3v) is 4.40. The van der Waals surface area contributed by atoms with Gasteiger partial charge < -0.3 is 10.2 Å². The summed E-state index contributed by atoms with van der Waals surface area (Å²) in [5, 5.41) is 28.5. The lowest BCUT2D eigenvalue weighted by atomic mass is 9.72. The summed E-state index contributed by atoms with van der Waals surface area (Å²) in [5.74, 6) is 0.543. The Morgan fingerprint density at radius 2 is 1.41 bits per heavy atom. The van der Waals surface area contributed by atoms with Crippen LogP contribution in [0.25, 0.3) is 0 Å². The number of benzene rings is 2. The lowest BCUT2D eigenvalue weighted by Crippen LogP contribution is -2.24. The fourth-order valence-electron chi connectivity index (χ4n) is 2.76. The Kier molecular flexibility index (Phi) is 4.42. The van der Waals surface area contributed by atoms with Gasteiger partial charge in [-0.3, -0.25) is 0 Å². The molecular formula is C19H21NO2. The van der Waals surface area contributed by atoms with Crippen LogP contribution < -0.4 is 0 Å². The Bertz CT molecular complexity index is 677. The molecule has 0 radical (unpaired) electrons. The number of phenolic OH excluding ortho intramolecular Hbond substituents is 2. The average molecular weight is 295 g/mol. The van der Waals surface area contributed by atoms with Crippen molar-refractivity contribution in [2.24, 2.45) is 0 Å². The van der Waals surface area contributed by atoms with Gasteiger partial charge in [0.1, 0.15) is 11.5 Å². The Morgan fingerprint density at radius 3 is 1.77 bits per heavy atom. The molecule has 0 unspecified atom stereocenters. The van der Waals surface area contributed by atoms with Crippen molar-refractivity contribution in [3.05, 3.63) is 58.7 Å². The molecule has 0 aliphatic heterocycles. The number of nitriles is 1. The van der Waals surface area contributed by atoms with E-state index in [0.717, 1.165) is 22.3 Å². The highest BCUT2D eigenvalue weighted by atomic mass is 16.3. The Hall–Kier alpha value is -2.47. The summed E-state index contributed by atoms with van der Waals surface area (Å²) in [5.41, 5.74) is 3.41. The highest BCUT2D eigenvalue weighted by Crippen LogP contribution is 2.39. The third kappa shape index (κ3) is 2.92. The first-order valence-electron chi connectivity index (χ1n) is 7.35. The summed E-state index contributed by atoms with van der Waals surface area (Å²) in [6.45, 7) is 5.83. The first-order chi connectivity index (χ1) is 10.4. The number of hydrogen-bond acceptors (Lipinski definition) is 3. The molecule has 2 N–H and O–H groups in total. The van der Waals surface area contributed by atoms with E-state index < -0.39 is 0 Å². The second-order valence-corrected chi connectivity index (χ2v) is 5.99. The number of nitrogens with zero attached hydrogens (tertiary/aromatic N) is 1. The normalized spacial score (nSPS) is 11.2. The van der Waals surface area contributed by atoms with Crippen LogP contribution in [0, 0.1) is 25.2 Å². The average Bonchev–Trinajstić information content (AvgIpc) is 2.50. The third-order valence-electron chi connectivity index (χ3n) is 4.40. The molecule has 3 nitrogen and oxygen atoms in total. The molecule has 2 aromatic carbocycles. The van der Waals surface area contributed by atoms with Crippen molar-refractivity contribution in [3.63, 3.8) is 0 Å². The topological polar surface area (TPSA) is 64.2 Å². The van der Waals surface area contributed by atoms with Crippen LogP contribution in [0.4, 0.5) is 0 Å². The minimum absolute atomic E-state index is 0.272.